The molecule has 49 heavy (non-hydrogen) atoms. The largest absolute Gasteiger partial charge is 0.445 e. The zero-order valence-electron chi connectivity index (χ0n) is 27.2. The molecule has 0 aliphatic carbocycles. The van der Waals surface area contributed by atoms with E-state index in [4.69, 9.17) is 15.2 Å². The number of rotatable bonds is 17. The van der Waals surface area contributed by atoms with E-state index in [2.05, 4.69) is 28.1 Å². The van der Waals surface area contributed by atoms with Crippen LogP contribution in [0.15, 0.2) is 121 Å². The van der Waals surface area contributed by atoms with Crippen molar-refractivity contribution in [3.8, 4) is 0 Å². The molecule has 1 heterocycles. The topological polar surface area (TPSA) is 152 Å². The molecule has 3 unspecified atom stereocenters. The molecule has 0 bridgehead atoms. The fourth-order valence-electron chi connectivity index (χ4n) is 5.75. The van der Waals surface area contributed by atoms with Gasteiger partial charge in [0.1, 0.15) is 24.8 Å². The number of nitrogens with two attached hydrogens (primary N) is 1. The zero-order chi connectivity index (χ0) is 34.4. The van der Waals surface area contributed by atoms with Crippen molar-refractivity contribution in [2.45, 2.75) is 69.0 Å². The van der Waals surface area contributed by atoms with Crippen LogP contribution in [-0.4, -0.2) is 54.1 Å². The second kappa shape index (κ2) is 17.6. The number of epoxide rings is 1. The molecule has 254 valence electrons. The van der Waals surface area contributed by atoms with Crippen LogP contribution in [0.2, 0.25) is 0 Å². The number of carbonyl (C=O) groups is 4. The summed E-state index contributed by atoms with van der Waals surface area (Å²) in [5, 5.41) is 8.33. The number of amides is 4. The number of alkyl carbamates (subject to hydrolysis) is 1. The molecule has 4 aromatic carbocycles. The molecule has 1 aliphatic rings. The minimum Gasteiger partial charge on any atom is -0.445 e. The predicted molar refractivity (Wildman–Crippen MR) is 185 cm³/mol. The van der Waals surface area contributed by atoms with Crippen LogP contribution in [-0.2, 0) is 49.7 Å². The van der Waals surface area contributed by atoms with Crippen LogP contribution >= 0.6 is 0 Å². The Bertz CT molecular complexity index is 1660. The Morgan fingerprint density at radius 3 is 1.71 bits per heavy atom. The SMILES string of the molecule is NC(=O)C[C@@H](NC(=O)[C@@H](Cc1ccccc1)NC(=O)OCc1ccccc1)C(=O)NC(Cc1ccccc1)C1OC1CCc1ccccc1. The standard InChI is InChI=1S/C39H42N4O6/c40-35(44)25-33(42-37(45)32(24-29-17-9-3-10-18-29)43-39(47)48-26-30-19-11-4-12-20-30)38(46)41-31(23-28-15-7-2-8-16-28)36-34(49-36)22-21-27-13-5-1-6-14-27/h1-20,31-34,36H,21-26H2,(H2,40,44)(H,41,46)(H,42,45)(H,43,47)/t31?,32-,33-,34?,36?/m1/s1. The van der Waals surface area contributed by atoms with Crippen molar-refractivity contribution in [2.24, 2.45) is 5.73 Å². The van der Waals surface area contributed by atoms with Crippen molar-refractivity contribution in [2.75, 3.05) is 0 Å². The Morgan fingerprint density at radius 2 is 1.14 bits per heavy atom. The van der Waals surface area contributed by atoms with Gasteiger partial charge in [0.15, 0.2) is 0 Å². The van der Waals surface area contributed by atoms with E-state index in [0.717, 1.165) is 29.5 Å². The Labute approximate surface area is 286 Å². The summed E-state index contributed by atoms with van der Waals surface area (Å²) in [6, 6.07) is 35.3. The number of primary amides is 1. The van der Waals surface area contributed by atoms with Gasteiger partial charge < -0.3 is 31.2 Å². The monoisotopic (exact) mass is 662 g/mol. The van der Waals surface area contributed by atoms with E-state index in [1.54, 1.807) is 0 Å². The summed E-state index contributed by atoms with van der Waals surface area (Å²) in [6.45, 7) is 0.0113. The van der Waals surface area contributed by atoms with Crippen LogP contribution in [0.25, 0.3) is 0 Å². The normalized spacial score (nSPS) is 16.7. The van der Waals surface area contributed by atoms with Crippen molar-refractivity contribution in [3.63, 3.8) is 0 Å². The third kappa shape index (κ3) is 11.3. The molecule has 5 rings (SSSR count). The lowest BCUT2D eigenvalue weighted by Gasteiger charge is -2.25. The average molecular weight is 663 g/mol. The van der Waals surface area contributed by atoms with Gasteiger partial charge in [-0.1, -0.05) is 121 Å². The van der Waals surface area contributed by atoms with E-state index in [-0.39, 0.29) is 25.2 Å². The number of nitrogens with one attached hydrogen (secondary N) is 3. The van der Waals surface area contributed by atoms with Gasteiger partial charge in [0, 0.05) is 6.42 Å². The number of aryl methyl sites for hydroxylation is 1. The lowest BCUT2D eigenvalue weighted by molar-refractivity contribution is -0.132. The molecular formula is C39H42N4O6. The van der Waals surface area contributed by atoms with Gasteiger partial charge in [-0.15, -0.1) is 0 Å². The highest BCUT2D eigenvalue weighted by molar-refractivity contribution is 5.94. The molecule has 4 aromatic rings. The first kappa shape index (κ1) is 34.8. The lowest BCUT2D eigenvalue weighted by Crippen LogP contribution is -2.57. The van der Waals surface area contributed by atoms with Crippen LogP contribution < -0.4 is 21.7 Å². The maximum atomic E-state index is 13.8. The number of ether oxygens (including phenoxy) is 2. The Morgan fingerprint density at radius 1 is 0.633 bits per heavy atom. The fraction of sp³-hybridized carbons (Fsp3) is 0.282. The second-order valence-electron chi connectivity index (χ2n) is 12.1. The van der Waals surface area contributed by atoms with Crippen LogP contribution in [0, 0.1) is 0 Å². The van der Waals surface area contributed by atoms with Crippen molar-refractivity contribution in [3.05, 3.63) is 144 Å². The number of benzene rings is 4. The highest BCUT2D eigenvalue weighted by atomic mass is 16.6. The molecule has 1 fully saturated rings. The van der Waals surface area contributed by atoms with E-state index in [1.165, 1.54) is 5.56 Å². The number of carbonyl (C=O) groups excluding carboxylic acids is 4. The maximum absolute atomic E-state index is 13.8. The first-order valence-corrected chi connectivity index (χ1v) is 16.5. The van der Waals surface area contributed by atoms with Gasteiger partial charge in [0.25, 0.3) is 0 Å². The average Bonchev–Trinajstić information content (AvgIpc) is 3.90. The Kier molecular flexibility index (Phi) is 12.5. The summed E-state index contributed by atoms with van der Waals surface area (Å²) in [5.41, 5.74) is 9.30. The summed E-state index contributed by atoms with van der Waals surface area (Å²) in [4.78, 5) is 52.4. The van der Waals surface area contributed by atoms with Gasteiger partial charge in [-0.05, 0) is 41.5 Å². The van der Waals surface area contributed by atoms with Crippen LogP contribution in [0.1, 0.15) is 35.1 Å². The number of hydrogen-bond acceptors (Lipinski definition) is 6. The molecule has 10 heteroatoms. The van der Waals surface area contributed by atoms with Crippen molar-refractivity contribution < 1.29 is 28.7 Å². The Hall–Kier alpha value is -5.48. The van der Waals surface area contributed by atoms with Gasteiger partial charge in [-0.3, -0.25) is 14.4 Å². The summed E-state index contributed by atoms with van der Waals surface area (Å²) < 4.78 is 11.4. The zero-order valence-corrected chi connectivity index (χ0v) is 27.2. The quantitative estimate of drug-likeness (QED) is 0.125. The molecule has 10 nitrogen and oxygen atoms in total. The molecule has 5 atom stereocenters. The highest BCUT2D eigenvalue weighted by Crippen LogP contribution is 2.31. The maximum Gasteiger partial charge on any atom is 0.408 e. The van der Waals surface area contributed by atoms with Crippen molar-refractivity contribution in [1.82, 2.24) is 16.0 Å². The number of hydrogen-bond donors (Lipinski definition) is 4. The van der Waals surface area contributed by atoms with E-state index in [9.17, 15) is 19.2 Å². The first-order chi connectivity index (χ1) is 23.8. The first-order valence-electron chi connectivity index (χ1n) is 16.5. The van der Waals surface area contributed by atoms with E-state index < -0.39 is 48.4 Å². The summed E-state index contributed by atoms with van der Waals surface area (Å²) in [5.74, 6) is -2.00. The molecular weight excluding hydrogens is 620 g/mol. The van der Waals surface area contributed by atoms with E-state index >= 15 is 0 Å². The summed E-state index contributed by atoms with van der Waals surface area (Å²) >= 11 is 0. The lowest BCUT2D eigenvalue weighted by atomic mass is 9.98. The molecule has 0 radical (unpaired) electrons. The minimum atomic E-state index is -1.29. The van der Waals surface area contributed by atoms with E-state index in [0.29, 0.717) is 6.42 Å². The van der Waals surface area contributed by atoms with Crippen molar-refractivity contribution in [1.29, 1.82) is 0 Å². The molecule has 5 N–H and O–H groups in total. The molecule has 0 aromatic heterocycles. The summed E-state index contributed by atoms with van der Waals surface area (Å²) in [6.07, 6.45) is 0.683. The second-order valence-corrected chi connectivity index (χ2v) is 12.1. The fourth-order valence-corrected chi connectivity index (χ4v) is 5.75. The smallest absolute Gasteiger partial charge is 0.408 e. The van der Waals surface area contributed by atoms with Gasteiger partial charge in [0.05, 0.1) is 18.6 Å². The van der Waals surface area contributed by atoms with E-state index in [1.807, 2.05) is 109 Å². The van der Waals surface area contributed by atoms with Crippen LogP contribution in [0.4, 0.5) is 4.79 Å². The predicted octanol–water partition coefficient (Wildman–Crippen LogP) is 4.01. The minimum absolute atomic E-state index is 0.0113. The molecule has 1 saturated heterocycles. The molecule has 1 aliphatic heterocycles. The summed E-state index contributed by atoms with van der Waals surface area (Å²) in [7, 11) is 0. The highest BCUT2D eigenvalue weighted by Gasteiger charge is 2.45. The molecule has 4 amide bonds. The third-order valence-electron chi connectivity index (χ3n) is 8.35. The molecule has 0 spiro atoms. The van der Waals surface area contributed by atoms with Gasteiger partial charge in [-0.2, -0.15) is 0 Å². The van der Waals surface area contributed by atoms with Crippen LogP contribution in [0.3, 0.4) is 0 Å². The Balaban J connectivity index is 1.26. The van der Waals surface area contributed by atoms with Gasteiger partial charge in [0.2, 0.25) is 17.7 Å². The van der Waals surface area contributed by atoms with Gasteiger partial charge in [-0.25, -0.2) is 4.79 Å². The van der Waals surface area contributed by atoms with Crippen molar-refractivity contribution >= 4 is 23.8 Å². The van der Waals surface area contributed by atoms with Crippen LogP contribution in [0.5, 0.6) is 0 Å². The van der Waals surface area contributed by atoms with Gasteiger partial charge >= 0.3 is 6.09 Å². The third-order valence-corrected chi connectivity index (χ3v) is 8.35. The molecule has 0 saturated carbocycles.